The topological polar surface area (TPSA) is 80.4 Å². The normalized spacial score (nSPS) is 13.3. The summed E-state index contributed by atoms with van der Waals surface area (Å²) in [6.45, 7) is 1.61. The molecule has 1 unspecified atom stereocenters. The molecule has 0 aliphatic rings. The predicted molar refractivity (Wildman–Crippen MR) is 70.0 cm³/mol. The summed E-state index contributed by atoms with van der Waals surface area (Å²) in [5.74, 6) is -2.35. The maximum Gasteiger partial charge on any atom is 0.159 e. The van der Waals surface area contributed by atoms with Gasteiger partial charge in [0.2, 0.25) is 0 Å². The van der Waals surface area contributed by atoms with Crippen LogP contribution in [0.5, 0.6) is 0 Å². The molecule has 0 radical (unpaired) electrons. The predicted octanol–water partition coefficient (Wildman–Crippen LogP) is 1.91. The summed E-state index contributed by atoms with van der Waals surface area (Å²) in [5.41, 5.74) is -0.200. The number of aliphatic hydroxyl groups is 1. The number of benzene rings is 1. The number of rotatable bonds is 5. The molecule has 0 fully saturated rings. The molecular formula is C13H13F2NO4S. The highest BCUT2D eigenvalue weighted by molar-refractivity contribution is 7.90. The summed E-state index contributed by atoms with van der Waals surface area (Å²) >= 11 is 0. The Bertz CT molecular complexity index is 742. The SMILES string of the molecule is Cc1cc(CS(=O)(=O)CC(O)c2cc(F)ccc2F)no1. The summed E-state index contributed by atoms with van der Waals surface area (Å²) in [5, 5.41) is 13.4. The minimum absolute atomic E-state index is 0.194. The lowest BCUT2D eigenvalue weighted by Crippen LogP contribution is -2.17. The fraction of sp³-hybridized carbons (Fsp3) is 0.308. The molecule has 0 bridgehead atoms. The Hall–Kier alpha value is -1.80. The van der Waals surface area contributed by atoms with E-state index in [0.717, 1.165) is 18.2 Å². The van der Waals surface area contributed by atoms with Crippen LogP contribution in [-0.4, -0.2) is 24.4 Å². The van der Waals surface area contributed by atoms with Crippen LogP contribution in [0.1, 0.15) is 23.1 Å². The van der Waals surface area contributed by atoms with Crippen molar-refractivity contribution in [2.45, 2.75) is 18.8 Å². The zero-order valence-electron chi connectivity index (χ0n) is 11.1. The van der Waals surface area contributed by atoms with Crippen LogP contribution in [-0.2, 0) is 15.6 Å². The van der Waals surface area contributed by atoms with Gasteiger partial charge in [-0.05, 0) is 25.1 Å². The van der Waals surface area contributed by atoms with Crippen molar-refractivity contribution in [2.75, 3.05) is 5.75 Å². The molecule has 1 aromatic heterocycles. The smallest absolute Gasteiger partial charge is 0.159 e. The highest BCUT2D eigenvalue weighted by Gasteiger charge is 2.23. The lowest BCUT2D eigenvalue weighted by molar-refractivity contribution is 0.196. The van der Waals surface area contributed by atoms with Crippen molar-refractivity contribution >= 4 is 9.84 Å². The van der Waals surface area contributed by atoms with Crippen molar-refractivity contribution in [3.63, 3.8) is 0 Å². The minimum atomic E-state index is -3.76. The number of hydrogen-bond donors (Lipinski definition) is 1. The molecule has 0 saturated heterocycles. The second-order valence-electron chi connectivity index (χ2n) is 4.67. The Kier molecular flexibility index (Phi) is 4.38. The van der Waals surface area contributed by atoms with Crippen LogP contribution in [0.3, 0.4) is 0 Å². The Labute approximate surface area is 120 Å². The van der Waals surface area contributed by atoms with Crippen LogP contribution in [0, 0.1) is 18.6 Å². The molecule has 2 rings (SSSR count). The van der Waals surface area contributed by atoms with Crippen LogP contribution < -0.4 is 0 Å². The quantitative estimate of drug-likeness (QED) is 0.911. The first-order chi connectivity index (χ1) is 9.77. The molecule has 0 spiro atoms. The van der Waals surface area contributed by atoms with Crippen LogP contribution in [0.25, 0.3) is 0 Å². The molecule has 1 heterocycles. The van der Waals surface area contributed by atoms with E-state index < -0.39 is 44.6 Å². The second-order valence-corrected chi connectivity index (χ2v) is 6.77. The van der Waals surface area contributed by atoms with Gasteiger partial charge in [0.1, 0.15) is 17.4 Å². The molecule has 2 aromatic rings. The average Bonchev–Trinajstić information content (AvgIpc) is 2.76. The number of aliphatic hydroxyl groups excluding tert-OH is 1. The van der Waals surface area contributed by atoms with Gasteiger partial charge in [0.05, 0.1) is 23.3 Å². The first kappa shape index (κ1) is 15.6. The number of aromatic nitrogens is 1. The fourth-order valence-corrected chi connectivity index (χ4v) is 3.24. The van der Waals surface area contributed by atoms with Gasteiger partial charge >= 0.3 is 0 Å². The molecule has 1 N–H and O–H groups in total. The molecule has 0 saturated carbocycles. The number of halogens is 2. The van der Waals surface area contributed by atoms with Crippen LogP contribution >= 0.6 is 0 Å². The molecule has 0 aliphatic carbocycles. The lowest BCUT2D eigenvalue weighted by atomic mass is 10.1. The monoisotopic (exact) mass is 317 g/mol. The lowest BCUT2D eigenvalue weighted by Gasteiger charge is -2.12. The maximum atomic E-state index is 13.5. The number of sulfone groups is 1. The number of nitrogens with zero attached hydrogens (tertiary/aromatic N) is 1. The molecule has 0 amide bonds. The third-order valence-corrected chi connectivity index (χ3v) is 4.33. The molecular weight excluding hydrogens is 304 g/mol. The summed E-state index contributed by atoms with van der Waals surface area (Å²) in [4.78, 5) is 0. The van der Waals surface area contributed by atoms with Gasteiger partial charge in [-0.1, -0.05) is 5.16 Å². The highest BCUT2D eigenvalue weighted by atomic mass is 32.2. The van der Waals surface area contributed by atoms with Gasteiger partial charge in [-0.15, -0.1) is 0 Å². The van der Waals surface area contributed by atoms with Crippen LogP contribution in [0.2, 0.25) is 0 Å². The van der Waals surface area contributed by atoms with Crippen LogP contribution in [0.15, 0.2) is 28.8 Å². The zero-order chi connectivity index (χ0) is 15.6. The summed E-state index contributed by atoms with van der Waals surface area (Å²) < 4.78 is 55.1. The summed E-state index contributed by atoms with van der Waals surface area (Å²) in [6.07, 6.45) is -1.65. The van der Waals surface area contributed by atoms with E-state index in [2.05, 4.69) is 5.16 Å². The molecule has 21 heavy (non-hydrogen) atoms. The van der Waals surface area contributed by atoms with Gasteiger partial charge in [0.25, 0.3) is 0 Å². The van der Waals surface area contributed by atoms with E-state index in [9.17, 15) is 22.3 Å². The second kappa shape index (κ2) is 5.90. The standard InChI is InChI=1S/C13H13F2NO4S/c1-8-4-10(16-20-8)6-21(18,19)7-13(17)11-5-9(14)2-3-12(11)15/h2-5,13,17H,6-7H2,1H3. The van der Waals surface area contributed by atoms with Gasteiger partial charge in [0, 0.05) is 11.6 Å². The molecule has 8 heteroatoms. The van der Waals surface area contributed by atoms with E-state index in [4.69, 9.17) is 4.52 Å². The van der Waals surface area contributed by atoms with Crippen molar-refractivity contribution in [1.29, 1.82) is 0 Å². The first-order valence-corrected chi connectivity index (χ1v) is 7.84. The third-order valence-electron chi connectivity index (χ3n) is 2.77. The van der Waals surface area contributed by atoms with Crippen LogP contribution in [0.4, 0.5) is 8.78 Å². The van der Waals surface area contributed by atoms with Crippen molar-refractivity contribution in [3.05, 3.63) is 52.9 Å². The Morgan fingerprint density at radius 2 is 2.05 bits per heavy atom. The molecule has 5 nitrogen and oxygen atoms in total. The van der Waals surface area contributed by atoms with Gasteiger partial charge in [-0.2, -0.15) is 0 Å². The third kappa shape index (κ3) is 4.08. The average molecular weight is 317 g/mol. The molecule has 114 valence electrons. The highest BCUT2D eigenvalue weighted by Crippen LogP contribution is 2.21. The molecule has 1 aromatic carbocycles. The number of hydrogen-bond acceptors (Lipinski definition) is 5. The summed E-state index contributed by atoms with van der Waals surface area (Å²) in [6, 6.07) is 3.95. The van der Waals surface area contributed by atoms with Crippen molar-refractivity contribution < 1.29 is 26.8 Å². The van der Waals surface area contributed by atoms with E-state index >= 15 is 0 Å². The Balaban J connectivity index is 2.14. The molecule has 1 atom stereocenters. The van der Waals surface area contributed by atoms with E-state index in [1.807, 2.05) is 0 Å². The van der Waals surface area contributed by atoms with E-state index in [1.54, 1.807) is 6.92 Å². The summed E-state index contributed by atoms with van der Waals surface area (Å²) in [7, 11) is -3.76. The number of aryl methyl sites for hydroxylation is 1. The molecule has 0 aliphatic heterocycles. The van der Waals surface area contributed by atoms with Crippen molar-refractivity contribution in [1.82, 2.24) is 5.16 Å². The van der Waals surface area contributed by atoms with E-state index in [0.29, 0.717) is 5.76 Å². The van der Waals surface area contributed by atoms with Gasteiger partial charge in [-0.3, -0.25) is 0 Å². The maximum absolute atomic E-state index is 13.5. The van der Waals surface area contributed by atoms with E-state index in [1.165, 1.54) is 6.07 Å². The van der Waals surface area contributed by atoms with Gasteiger partial charge in [-0.25, -0.2) is 17.2 Å². The largest absolute Gasteiger partial charge is 0.387 e. The fourth-order valence-electron chi connectivity index (χ4n) is 1.87. The Morgan fingerprint density at radius 1 is 1.33 bits per heavy atom. The Morgan fingerprint density at radius 3 is 2.67 bits per heavy atom. The van der Waals surface area contributed by atoms with Crippen molar-refractivity contribution in [3.8, 4) is 0 Å². The van der Waals surface area contributed by atoms with Crippen molar-refractivity contribution in [2.24, 2.45) is 0 Å². The van der Waals surface area contributed by atoms with Gasteiger partial charge in [0.15, 0.2) is 9.84 Å². The zero-order valence-corrected chi connectivity index (χ0v) is 11.9. The van der Waals surface area contributed by atoms with E-state index in [-0.39, 0.29) is 5.69 Å². The van der Waals surface area contributed by atoms with Gasteiger partial charge < -0.3 is 9.63 Å². The minimum Gasteiger partial charge on any atom is -0.387 e. The first-order valence-electron chi connectivity index (χ1n) is 6.02.